The molecule has 71 heavy (non-hydrogen) atoms. The van der Waals surface area contributed by atoms with Crippen molar-refractivity contribution >= 4 is 17.9 Å². The van der Waals surface area contributed by atoms with Gasteiger partial charge in [0.05, 0.1) is 0 Å². The molecule has 0 radical (unpaired) electrons. The van der Waals surface area contributed by atoms with E-state index in [9.17, 15) is 14.4 Å². The predicted octanol–water partition coefficient (Wildman–Crippen LogP) is 21.2. The number of hydrogen-bond acceptors (Lipinski definition) is 6. The largest absolute Gasteiger partial charge is 0.462 e. The summed E-state index contributed by atoms with van der Waals surface area (Å²) in [6.07, 6.45) is 73.0. The fourth-order valence-corrected chi connectivity index (χ4v) is 9.35. The van der Waals surface area contributed by atoms with Crippen LogP contribution in [0.25, 0.3) is 0 Å². The standard InChI is InChI=1S/C65H120O6/c1-4-7-10-13-16-19-22-24-26-28-29-30-31-32-33-34-35-36-37-38-40-41-43-46-49-52-55-58-64(67)70-61-62(60-69-63(66)57-54-51-48-45-21-18-15-12-9-6-3)71-65(68)59-56-53-50-47-44-42-39-27-25-23-20-17-14-11-8-5-2/h22,24,27-29,39,62H,4-21,23,25-26,30-38,40-61H2,1-3H3/b24-22-,29-28-,39-27-. The van der Waals surface area contributed by atoms with Crippen LogP contribution >= 0.6 is 0 Å². The van der Waals surface area contributed by atoms with E-state index < -0.39 is 6.10 Å². The molecule has 0 spiro atoms. The third-order valence-corrected chi connectivity index (χ3v) is 14.1. The number of hydrogen-bond donors (Lipinski definition) is 0. The Morgan fingerprint density at radius 3 is 0.789 bits per heavy atom. The molecule has 0 aromatic rings. The molecule has 6 nitrogen and oxygen atoms in total. The fourth-order valence-electron chi connectivity index (χ4n) is 9.35. The van der Waals surface area contributed by atoms with E-state index in [1.165, 1.54) is 231 Å². The van der Waals surface area contributed by atoms with Crippen LogP contribution < -0.4 is 0 Å². The van der Waals surface area contributed by atoms with Gasteiger partial charge in [-0.05, 0) is 77.0 Å². The Morgan fingerprint density at radius 1 is 0.282 bits per heavy atom. The van der Waals surface area contributed by atoms with Crippen LogP contribution in [0.1, 0.15) is 342 Å². The molecule has 0 bridgehead atoms. The van der Waals surface area contributed by atoms with Gasteiger partial charge in [0.1, 0.15) is 13.2 Å². The third kappa shape index (κ3) is 58.4. The van der Waals surface area contributed by atoms with Crippen molar-refractivity contribution in [1.29, 1.82) is 0 Å². The molecule has 0 aromatic carbocycles. The Labute approximate surface area is 442 Å². The second-order valence-corrected chi connectivity index (χ2v) is 21.3. The lowest BCUT2D eigenvalue weighted by Crippen LogP contribution is -2.30. The van der Waals surface area contributed by atoms with Gasteiger partial charge in [0, 0.05) is 19.3 Å². The first-order valence-electron chi connectivity index (χ1n) is 31.5. The molecular formula is C65H120O6. The zero-order valence-electron chi connectivity index (χ0n) is 47.8. The number of rotatable bonds is 58. The highest BCUT2D eigenvalue weighted by Crippen LogP contribution is 2.17. The summed E-state index contributed by atoms with van der Waals surface area (Å²) in [4.78, 5) is 38.1. The average molecular weight is 998 g/mol. The smallest absolute Gasteiger partial charge is 0.306 e. The minimum Gasteiger partial charge on any atom is -0.462 e. The van der Waals surface area contributed by atoms with Gasteiger partial charge in [0.2, 0.25) is 0 Å². The average Bonchev–Trinajstić information content (AvgIpc) is 3.37. The van der Waals surface area contributed by atoms with Gasteiger partial charge in [0.15, 0.2) is 6.10 Å². The molecule has 416 valence electrons. The fraction of sp³-hybridized carbons (Fsp3) is 0.862. The summed E-state index contributed by atoms with van der Waals surface area (Å²) in [6.45, 7) is 6.65. The summed E-state index contributed by atoms with van der Waals surface area (Å²) in [5, 5.41) is 0. The van der Waals surface area contributed by atoms with E-state index >= 15 is 0 Å². The van der Waals surface area contributed by atoms with Crippen molar-refractivity contribution in [3.05, 3.63) is 36.5 Å². The number of ether oxygens (including phenoxy) is 3. The molecule has 0 rings (SSSR count). The number of carbonyl (C=O) groups excluding carboxylic acids is 3. The summed E-state index contributed by atoms with van der Waals surface area (Å²) >= 11 is 0. The SMILES string of the molecule is CCCCCCC/C=C\C/C=C\CCCCCCCCCCCCCCCCCC(=O)OCC(COC(=O)CCCCCCCCCCCC)OC(=O)CCCCCCC/C=C\CCCCCCCCC. The molecule has 0 aromatic heterocycles. The van der Waals surface area contributed by atoms with Gasteiger partial charge < -0.3 is 14.2 Å². The van der Waals surface area contributed by atoms with E-state index in [-0.39, 0.29) is 31.1 Å². The Balaban J connectivity index is 4.16. The quantitative estimate of drug-likeness (QED) is 0.0261. The molecule has 0 aliphatic rings. The Hall–Kier alpha value is -2.37. The van der Waals surface area contributed by atoms with Crippen LogP contribution in [0.3, 0.4) is 0 Å². The summed E-state index contributed by atoms with van der Waals surface area (Å²) in [5.74, 6) is -0.861. The van der Waals surface area contributed by atoms with Crippen LogP contribution in [0.15, 0.2) is 36.5 Å². The maximum absolute atomic E-state index is 12.8. The highest BCUT2D eigenvalue weighted by molar-refractivity contribution is 5.71. The zero-order chi connectivity index (χ0) is 51.4. The normalized spacial score (nSPS) is 12.2. The highest BCUT2D eigenvalue weighted by Gasteiger charge is 2.19. The molecule has 0 aliphatic heterocycles. The minimum absolute atomic E-state index is 0.0710. The first-order valence-corrected chi connectivity index (χ1v) is 31.5. The summed E-state index contributed by atoms with van der Waals surface area (Å²) in [5.41, 5.74) is 0. The monoisotopic (exact) mass is 997 g/mol. The molecule has 0 saturated carbocycles. The maximum Gasteiger partial charge on any atom is 0.306 e. The predicted molar refractivity (Wildman–Crippen MR) is 307 cm³/mol. The van der Waals surface area contributed by atoms with Gasteiger partial charge >= 0.3 is 17.9 Å². The second kappa shape index (κ2) is 60.2. The molecule has 1 unspecified atom stereocenters. The lowest BCUT2D eigenvalue weighted by Gasteiger charge is -2.18. The van der Waals surface area contributed by atoms with Crippen LogP contribution in [0.4, 0.5) is 0 Å². The molecule has 0 heterocycles. The number of carbonyl (C=O) groups is 3. The summed E-state index contributed by atoms with van der Waals surface area (Å²) in [6, 6.07) is 0. The molecule has 0 aliphatic carbocycles. The lowest BCUT2D eigenvalue weighted by atomic mass is 10.0. The molecule has 0 amide bonds. The van der Waals surface area contributed by atoms with Crippen molar-refractivity contribution in [2.24, 2.45) is 0 Å². The van der Waals surface area contributed by atoms with E-state index in [2.05, 4.69) is 57.2 Å². The van der Waals surface area contributed by atoms with E-state index in [4.69, 9.17) is 14.2 Å². The molecular weight excluding hydrogens is 877 g/mol. The summed E-state index contributed by atoms with van der Waals surface area (Å²) in [7, 11) is 0. The zero-order valence-corrected chi connectivity index (χ0v) is 47.8. The minimum atomic E-state index is -0.772. The molecule has 1 atom stereocenters. The number of unbranched alkanes of at least 4 members (excludes halogenated alkanes) is 41. The highest BCUT2D eigenvalue weighted by atomic mass is 16.6. The molecule has 6 heteroatoms. The molecule has 0 saturated heterocycles. The van der Waals surface area contributed by atoms with E-state index in [1.807, 2.05) is 0 Å². The van der Waals surface area contributed by atoms with E-state index in [1.54, 1.807) is 0 Å². The van der Waals surface area contributed by atoms with Gasteiger partial charge in [-0.15, -0.1) is 0 Å². The van der Waals surface area contributed by atoms with Crippen molar-refractivity contribution in [2.75, 3.05) is 13.2 Å². The van der Waals surface area contributed by atoms with Gasteiger partial charge in [-0.25, -0.2) is 0 Å². The molecule has 0 N–H and O–H groups in total. The van der Waals surface area contributed by atoms with Gasteiger partial charge in [-0.1, -0.05) is 282 Å². The Morgan fingerprint density at radius 2 is 0.507 bits per heavy atom. The molecule has 0 fully saturated rings. The van der Waals surface area contributed by atoms with Crippen molar-refractivity contribution in [3.63, 3.8) is 0 Å². The van der Waals surface area contributed by atoms with Crippen LogP contribution in [-0.2, 0) is 28.6 Å². The van der Waals surface area contributed by atoms with Gasteiger partial charge in [-0.3, -0.25) is 14.4 Å². The van der Waals surface area contributed by atoms with Crippen molar-refractivity contribution < 1.29 is 28.6 Å². The number of esters is 3. The lowest BCUT2D eigenvalue weighted by molar-refractivity contribution is -0.167. The Kier molecular flexibility index (Phi) is 58.2. The van der Waals surface area contributed by atoms with Crippen LogP contribution in [-0.4, -0.2) is 37.2 Å². The first kappa shape index (κ1) is 68.6. The van der Waals surface area contributed by atoms with Crippen molar-refractivity contribution in [1.82, 2.24) is 0 Å². The first-order chi connectivity index (χ1) is 35.0. The Bertz CT molecular complexity index is 1190. The second-order valence-electron chi connectivity index (χ2n) is 21.3. The van der Waals surface area contributed by atoms with Crippen LogP contribution in [0.5, 0.6) is 0 Å². The number of allylic oxidation sites excluding steroid dienone is 6. The van der Waals surface area contributed by atoms with E-state index in [0.29, 0.717) is 19.3 Å². The van der Waals surface area contributed by atoms with Crippen LogP contribution in [0, 0.1) is 0 Å². The van der Waals surface area contributed by atoms with E-state index in [0.717, 1.165) is 70.6 Å². The topological polar surface area (TPSA) is 78.9 Å². The van der Waals surface area contributed by atoms with Crippen LogP contribution in [0.2, 0.25) is 0 Å². The van der Waals surface area contributed by atoms with Crippen molar-refractivity contribution in [3.8, 4) is 0 Å². The van der Waals surface area contributed by atoms with Gasteiger partial charge in [0.25, 0.3) is 0 Å². The summed E-state index contributed by atoms with van der Waals surface area (Å²) < 4.78 is 16.9. The third-order valence-electron chi connectivity index (χ3n) is 14.1. The van der Waals surface area contributed by atoms with Gasteiger partial charge in [-0.2, -0.15) is 0 Å². The maximum atomic E-state index is 12.8. The van der Waals surface area contributed by atoms with Crippen molar-refractivity contribution in [2.45, 2.75) is 348 Å².